The summed E-state index contributed by atoms with van der Waals surface area (Å²) in [5, 5.41) is 5.39. The van der Waals surface area contributed by atoms with Crippen LogP contribution in [0.5, 0.6) is 0 Å². The van der Waals surface area contributed by atoms with Gasteiger partial charge in [0, 0.05) is 32.6 Å². The van der Waals surface area contributed by atoms with Crippen molar-refractivity contribution < 1.29 is 9.26 Å². The lowest BCUT2D eigenvalue weighted by molar-refractivity contribution is 0.0368. The molecule has 8 nitrogen and oxygen atoms in total. The zero-order valence-electron chi connectivity index (χ0n) is 18.1. The average molecular weight is 444 g/mol. The first-order chi connectivity index (χ1) is 15.1. The van der Waals surface area contributed by atoms with E-state index in [9.17, 15) is 4.79 Å². The number of rotatable bonds is 9. The van der Waals surface area contributed by atoms with Crippen LogP contribution in [0.25, 0.3) is 10.9 Å². The molecule has 3 heterocycles. The maximum absolute atomic E-state index is 13.2. The molecule has 9 heteroatoms. The molecule has 0 atom stereocenters. The third kappa shape index (κ3) is 5.72. The minimum Gasteiger partial charge on any atom is -0.379 e. The second kappa shape index (κ2) is 10.4. The van der Waals surface area contributed by atoms with Crippen LogP contribution in [0.3, 0.4) is 0 Å². The second-order valence-electron chi connectivity index (χ2n) is 8.17. The van der Waals surface area contributed by atoms with E-state index < -0.39 is 0 Å². The Hall–Kier alpha value is -2.23. The Morgan fingerprint density at radius 3 is 2.74 bits per heavy atom. The highest BCUT2D eigenvalue weighted by Gasteiger charge is 2.15. The Labute approximate surface area is 186 Å². The number of fused-ring (bicyclic) bond motifs is 1. The first kappa shape index (κ1) is 22.0. The van der Waals surface area contributed by atoms with Gasteiger partial charge in [-0.15, -0.1) is 0 Å². The van der Waals surface area contributed by atoms with E-state index in [1.165, 1.54) is 11.8 Å². The molecule has 0 radical (unpaired) electrons. The fourth-order valence-corrected chi connectivity index (χ4v) is 4.52. The fraction of sp³-hybridized carbons (Fsp3) is 0.545. The molecule has 1 aromatic carbocycles. The first-order valence-corrected chi connectivity index (χ1v) is 11.8. The summed E-state index contributed by atoms with van der Waals surface area (Å²) >= 11 is 1.47. The number of para-hydroxylation sites is 1. The number of hydrogen-bond donors (Lipinski definition) is 0. The Balaban J connectivity index is 1.50. The Morgan fingerprint density at radius 2 is 1.94 bits per heavy atom. The van der Waals surface area contributed by atoms with Crippen molar-refractivity contribution in [2.45, 2.75) is 44.1 Å². The molecule has 0 amide bonds. The zero-order valence-corrected chi connectivity index (χ0v) is 18.9. The van der Waals surface area contributed by atoms with Gasteiger partial charge in [0.15, 0.2) is 11.0 Å². The topological polar surface area (TPSA) is 86.3 Å². The number of aromatic nitrogens is 4. The van der Waals surface area contributed by atoms with Crippen molar-refractivity contribution in [2.75, 3.05) is 32.8 Å². The molecule has 1 aliphatic heterocycles. The highest BCUT2D eigenvalue weighted by Crippen LogP contribution is 2.22. The van der Waals surface area contributed by atoms with Crippen molar-refractivity contribution in [1.29, 1.82) is 0 Å². The standard InChI is InChI=1S/C22H29N5O3S/c1-16(2)14-19-24-20(30-25-19)15-31-22-23-18-7-4-3-6-17(18)21(28)27(22)9-5-8-26-10-12-29-13-11-26/h3-4,6-7,16H,5,8-15H2,1-2H3. The molecule has 166 valence electrons. The molecule has 0 N–H and O–H groups in total. The summed E-state index contributed by atoms with van der Waals surface area (Å²) in [6.45, 7) is 9.26. The van der Waals surface area contributed by atoms with E-state index in [0.29, 0.717) is 40.2 Å². The van der Waals surface area contributed by atoms with Gasteiger partial charge in [0.25, 0.3) is 5.56 Å². The normalized spacial score (nSPS) is 15.2. The summed E-state index contributed by atoms with van der Waals surface area (Å²) in [5.41, 5.74) is 0.714. The van der Waals surface area contributed by atoms with Crippen molar-refractivity contribution in [2.24, 2.45) is 5.92 Å². The number of benzene rings is 1. The summed E-state index contributed by atoms with van der Waals surface area (Å²) in [6.07, 6.45) is 1.67. The van der Waals surface area contributed by atoms with Crippen molar-refractivity contribution in [3.63, 3.8) is 0 Å². The predicted octanol–water partition coefficient (Wildman–Crippen LogP) is 2.99. The Bertz CT molecular complexity index is 1060. The van der Waals surface area contributed by atoms with Gasteiger partial charge in [0.1, 0.15) is 0 Å². The first-order valence-electron chi connectivity index (χ1n) is 10.8. The van der Waals surface area contributed by atoms with Gasteiger partial charge in [-0.2, -0.15) is 4.98 Å². The van der Waals surface area contributed by atoms with Gasteiger partial charge < -0.3 is 9.26 Å². The van der Waals surface area contributed by atoms with Crippen LogP contribution in [0.4, 0.5) is 0 Å². The molecule has 0 bridgehead atoms. The lowest BCUT2D eigenvalue weighted by atomic mass is 10.1. The summed E-state index contributed by atoms with van der Waals surface area (Å²) in [6, 6.07) is 7.51. The molecule has 1 saturated heterocycles. The van der Waals surface area contributed by atoms with E-state index >= 15 is 0 Å². The van der Waals surface area contributed by atoms with E-state index in [2.05, 4.69) is 28.9 Å². The highest BCUT2D eigenvalue weighted by atomic mass is 32.2. The van der Waals surface area contributed by atoms with Gasteiger partial charge >= 0.3 is 0 Å². The van der Waals surface area contributed by atoms with Gasteiger partial charge in [0.05, 0.1) is 29.9 Å². The SMILES string of the molecule is CC(C)Cc1noc(CSc2nc3ccccc3c(=O)n2CCCN2CCOCC2)n1. The molecule has 1 fully saturated rings. The molecular weight excluding hydrogens is 414 g/mol. The second-order valence-corrected chi connectivity index (χ2v) is 9.11. The van der Waals surface area contributed by atoms with Crippen molar-refractivity contribution in [1.82, 2.24) is 24.6 Å². The van der Waals surface area contributed by atoms with Gasteiger partial charge in [-0.3, -0.25) is 14.3 Å². The van der Waals surface area contributed by atoms with Gasteiger partial charge in [-0.05, 0) is 24.5 Å². The van der Waals surface area contributed by atoms with Gasteiger partial charge in [-0.25, -0.2) is 4.98 Å². The summed E-state index contributed by atoms with van der Waals surface area (Å²) in [5.74, 6) is 2.24. The monoisotopic (exact) mass is 443 g/mol. The molecule has 0 saturated carbocycles. The van der Waals surface area contributed by atoms with Gasteiger partial charge in [0.2, 0.25) is 5.89 Å². The molecule has 0 spiro atoms. The lowest BCUT2D eigenvalue weighted by Crippen LogP contribution is -2.37. The Morgan fingerprint density at radius 1 is 1.13 bits per heavy atom. The number of hydrogen-bond acceptors (Lipinski definition) is 8. The van der Waals surface area contributed by atoms with Crippen LogP contribution in [0, 0.1) is 5.92 Å². The molecule has 4 rings (SSSR count). The minimum atomic E-state index is 0.00102. The van der Waals surface area contributed by atoms with E-state index in [4.69, 9.17) is 14.2 Å². The predicted molar refractivity (Wildman–Crippen MR) is 120 cm³/mol. The highest BCUT2D eigenvalue weighted by molar-refractivity contribution is 7.98. The van der Waals surface area contributed by atoms with Crippen LogP contribution >= 0.6 is 11.8 Å². The van der Waals surface area contributed by atoms with E-state index in [-0.39, 0.29) is 5.56 Å². The third-order valence-electron chi connectivity index (χ3n) is 5.21. The molecule has 3 aromatic rings. The molecule has 1 aliphatic rings. The molecule has 0 unspecified atom stereocenters. The maximum atomic E-state index is 13.2. The summed E-state index contributed by atoms with van der Waals surface area (Å²) in [4.78, 5) is 24.8. The van der Waals surface area contributed by atoms with E-state index in [1.807, 2.05) is 24.3 Å². The molecule has 31 heavy (non-hydrogen) atoms. The number of thioether (sulfide) groups is 1. The smallest absolute Gasteiger partial charge is 0.262 e. The zero-order chi connectivity index (χ0) is 21.6. The van der Waals surface area contributed by atoms with Gasteiger partial charge in [-0.1, -0.05) is 42.9 Å². The lowest BCUT2D eigenvalue weighted by Gasteiger charge is -2.26. The van der Waals surface area contributed by atoms with Crippen LogP contribution < -0.4 is 5.56 Å². The number of nitrogens with zero attached hydrogens (tertiary/aromatic N) is 5. The summed E-state index contributed by atoms with van der Waals surface area (Å²) in [7, 11) is 0. The molecule has 2 aromatic heterocycles. The minimum absolute atomic E-state index is 0.00102. The van der Waals surface area contributed by atoms with E-state index in [1.54, 1.807) is 4.57 Å². The van der Waals surface area contributed by atoms with Crippen molar-refractivity contribution in [3.8, 4) is 0 Å². The van der Waals surface area contributed by atoms with Crippen LogP contribution in [-0.2, 0) is 23.5 Å². The fourth-order valence-electron chi connectivity index (χ4n) is 3.66. The quantitative estimate of drug-likeness (QED) is 0.369. The van der Waals surface area contributed by atoms with E-state index in [0.717, 1.165) is 51.5 Å². The van der Waals surface area contributed by atoms with Crippen LogP contribution in [-0.4, -0.2) is 57.4 Å². The summed E-state index contributed by atoms with van der Waals surface area (Å²) < 4.78 is 12.6. The van der Waals surface area contributed by atoms with Crippen LogP contribution in [0.1, 0.15) is 32.0 Å². The number of morpholine rings is 1. The largest absolute Gasteiger partial charge is 0.379 e. The average Bonchev–Trinajstić information content (AvgIpc) is 3.21. The van der Waals surface area contributed by atoms with Crippen LogP contribution in [0.15, 0.2) is 38.7 Å². The molecule has 0 aliphatic carbocycles. The number of ether oxygens (including phenoxy) is 1. The maximum Gasteiger partial charge on any atom is 0.262 e. The Kier molecular flexibility index (Phi) is 7.37. The molecular formula is C22H29N5O3S. The third-order valence-corrected chi connectivity index (χ3v) is 6.17. The van der Waals surface area contributed by atoms with Crippen molar-refractivity contribution >= 4 is 22.7 Å². The van der Waals surface area contributed by atoms with Crippen molar-refractivity contribution in [3.05, 3.63) is 46.3 Å². The van der Waals surface area contributed by atoms with Crippen LogP contribution in [0.2, 0.25) is 0 Å².